The molecule has 112 valence electrons. The van der Waals surface area contributed by atoms with Gasteiger partial charge in [-0.2, -0.15) is 0 Å². The van der Waals surface area contributed by atoms with Crippen LogP contribution in [0.15, 0.2) is 36.4 Å². The van der Waals surface area contributed by atoms with Crippen molar-refractivity contribution in [2.75, 3.05) is 21.3 Å². The summed E-state index contributed by atoms with van der Waals surface area (Å²) < 4.78 is 21.9. The van der Waals surface area contributed by atoms with Crippen molar-refractivity contribution in [2.45, 2.75) is 5.33 Å². The van der Waals surface area contributed by atoms with Gasteiger partial charge in [0.25, 0.3) is 0 Å². The van der Waals surface area contributed by atoms with Gasteiger partial charge in [-0.3, -0.25) is 0 Å². The molecule has 4 nitrogen and oxygen atoms in total. The molecule has 0 aliphatic carbocycles. The Bertz CT molecular complexity index is 588. The molecule has 21 heavy (non-hydrogen) atoms. The zero-order valence-electron chi connectivity index (χ0n) is 12.2. The van der Waals surface area contributed by atoms with Gasteiger partial charge in [-0.05, 0) is 6.07 Å². The van der Waals surface area contributed by atoms with E-state index in [0.717, 1.165) is 11.3 Å². The van der Waals surface area contributed by atoms with Crippen LogP contribution in [0.5, 0.6) is 28.7 Å². The van der Waals surface area contributed by atoms with E-state index < -0.39 is 0 Å². The first-order valence-electron chi connectivity index (χ1n) is 6.35. The molecule has 0 bridgehead atoms. The van der Waals surface area contributed by atoms with Gasteiger partial charge in [0, 0.05) is 23.0 Å². The first-order chi connectivity index (χ1) is 10.2. The van der Waals surface area contributed by atoms with Crippen LogP contribution in [0.1, 0.15) is 5.56 Å². The highest BCUT2D eigenvalue weighted by atomic mass is 79.9. The maximum atomic E-state index is 5.94. The Hall–Kier alpha value is -1.88. The smallest absolute Gasteiger partial charge is 0.203 e. The van der Waals surface area contributed by atoms with E-state index >= 15 is 0 Å². The molecule has 0 aromatic heterocycles. The molecule has 0 unspecified atom stereocenters. The fourth-order valence-corrected chi connectivity index (χ4v) is 2.42. The van der Waals surface area contributed by atoms with E-state index in [4.69, 9.17) is 18.9 Å². The molecule has 0 amide bonds. The number of rotatable bonds is 6. The van der Waals surface area contributed by atoms with Crippen molar-refractivity contribution in [3.63, 3.8) is 0 Å². The third-order valence-corrected chi connectivity index (χ3v) is 3.59. The molecule has 0 saturated heterocycles. The Morgan fingerprint density at radius 3 is 2.00 bits per heavy atom. The fraction of sp³-hybridized carbons (Fsp3) is 0.250. The van der Waals surface area contributed by atoms with Crippen LogP contribution in [0.2, 0.25) is 0 Å². The van der Waals surface area contributed by atoms with Crippen molar-refractivity contribution in [3.8, 4) is 28.7 Å². The molecule has 0 fully saturated rings. The largest absolute Gasteiger partial charge is 0.493 e. The molecule has 5 heteroatoms. The lowest BCUT2D eigenvalue weighted by molar-refractivity contribution is 0.321. The lowest BCUT2D eigenvalue weighted by Crippen LogP contribution is -1.96. The predicted molar refractivity (Wildman–Crippen MR) is 85.2 cm³/mol. The summed E-state index contributed by atoms with van der Waals surface area (Å²) >= 11 is 3.45. The summed E-state index contributed by atoms with van der Waals surface area (Å²) in [5.41, 5.74) is 1.06. The molecule has 0 radical (unpaired) electrons. The molecule has 0 heterocycles. The predicted octanol–water partition coefficient (Wildman–Crippen LogP) is 4.40. The molecule has 0 atom stereocenters. The van der Waals surface area contributed by atoms with Crippen molar-refractivity contribution in [2.24, 2.45) is 0 Å². The van der Waals surface area contributed by atoms with Crippen molar-refractivity contribution >= 4 is 15.9 Å². The van der Waals surface area contributed by atoms with Gasteiger partial charge >= 0.3 is 0 Å². The van der Waals surface area contributed by atoms with Gasteiger partial charge in [0.1, 0.15) is 11.5 Å². The van der Waals surface area contributed by atoms with Crippen molar-refractivity contribution in [3.05, 3.63) is 42.0 Å². The van der Waals surface area contributed by atoms with Crippen LogP contribution < -0.4 is 18.9 Å². The van der Waals surface area contributed by atoms with Crippen LogP contribution in [0, 0.1) is 0 Å². The number of methoxy groups -OCH3 is 3. The van der Waals surface area contributed by atoms with Crippen LogP contribution in [0.3, 0.4) is 0 Å². The Balaban J connectivity index is 2.40. The zero-order chi connectivity index (χ0) is 15.2. The highest BCUT2D eigenvalue weighted by molar-refractivity contribution is 9.08. The topological polar surface area (TPSA) is 36.9 Å². The third-order valence-electron chi connectivity index (χ3n) is 2.98. The lowest BCUT2D eigenvalue weighted by atomic mass is 10.2. The molecule has 0 aliphatic heterocycles. The van der Waals surface area contributed by atoms with Crippen molar-refractivity contribution in [1.29, 1.82) is 0 Å². The normalized spacial score (nSPS) is 10.1. The second-order valence-electron chi connectivity index (χ2n) is 4.20. The highest BCUT2D eigenvalue weighted by Gasteiger charge is 2.15. The average molecular weight is 353 g/mol. The van der Waals surface area contributed by atoms with Crippen LogP contribution in [-0.2, 0) is 5.33 Å². The fourth-order valence-electron chi connectivity index (χ4n) is 1.96. The minimum absolute atomic E-state index is 0.543. The van der Waals surface area contributed by atoms with Crippen molar-refractivity contribution < 1.29 is 18.9 Å². The SMILES string of the molecule is COc1cc(Oc2ccccc2CBr)cc(OC)c1OC. The number of hydrogen-bond donors (Lipinski definition) is 0. The summed E-state index contributed by atoms with van der Waals surface area (Å²) in [6.07, 6.45) is 0. The van der Waals surface area contributed by atoms with Gasteiger partial charge in [-0.25, -0.2) is 0 Å². The number of ether oxygens (including phenoxy) is 4. The Labute approximate surface area is 132 Å². The quantitative estimate of drug-likeness (QED) is 0.722. The monoisotopic (exact) mass is 352 g/mol. The van der Waals surface area contributed by atoms with Gasteiger partial charge in [-0.1, -0.05) is 34.1 Å². The Kier molecular flexibility index (Phi) is 5.33. The number of alkyl halides is 1. The molecular formula is C16H17BrO4. The summed E-state index contributed by atoms with van der Waals surface area (Å²) in [4.78, 5) is 0. The summed E-state index contributed by atoms with van der Waals surface area (Å²) in [5.74, 6) is 3.06. The van der Waals surface area contributed by atoms with Crippen molar-refractivity contribution in [1.82, 2.24) is 0 Å². The van der Waals surface area contributed by atoms with E-state index in [1.54, 1.807) is 33.5 Å². The highest BCUT2D eigenvalue weighted by Crippen LogP contribution is 2.42. The van der Waals surface area contributed by atoms with Crippen LogP contribution >= 0.6 is 15.9 Å². The second-order valence-corrected chi connectivity index (χ2v) is 4.77. The molecular weight excluding hydrogens is 336 g/mol. The van der Waals surface area contributed by atoms with E-state index in [-0.39, 0.29) is 0 Å². The van der Waals surface area contributed by atoms with Gasteiger partial charge in [0.2, 0.25) is 5.75 Å². The Morgan fingerprint density at radius 2 is 1.48 bits per heavy atom. The van der Waals surface area contributed by atoms with E-state index in [9.17, 15) is 0 Å². The zero-order valence-corrected chi connectivity index (χ0v) is 13.8. The van der Waals surface area contributed by atoms with Crippen LogP contribution in [0.4, 0.5) is 0 Å². The van der Waals surface area contributed by atoms with E-state index in [1.807, 2.05) is 24.3 Å². The number of benzene rings is 2. The summed E-state index contributed by atoms with van der Waals surface area (Å²) in [6.45, 7) is 0. The molecule has 2 aromatic rings. The Morgan fingerprint density at radius 1 is 0.857 bits per heavy atom. The van der Waals surface area contributed by atoms with Crippen LogP contribution in [-0.4, -0.2) is 21.3 Å². The minimum atomic E-state index is 0.543. The van der Waals surface area contributed by atoms with Gasteiger partial charge < -0.3 is 18.9 Å². The van der Waals surface area contributed by atoms with E-state index in [0.29, 0.717) is 28.3 Å². The van der Waals surface area contributed by atoms with Gasteiger partial charge in [-0.15, -0.1) is 0 Å². The third kappa shape index (κ3) is 3.42. The van der Waals surface area contributed by atoms with Crippen LogP contribution in [0.25, 0.3) is 0 Å². The van der Waals surface area contributed by atoms with E-state index in [2.05, 4.69) is 15.9 Å². The van der Waals surface area contributed by atoms with Gasteiger partial charge in [0.15, 0.2) is 11.5 Å². The molecule has 0 N–H and O–H groups in total. The maximum Gasteiger partial charge on any atom is 0.203 e. The van der Waals surface area contributed by atoms with Gasteiger partial charge in [0.05, 0.1) is 21.3 Å². The maximum absolute atomic E-state index is 5.94. The standard InChI is InChI=1S/C16H17BrO4/c1-18-14-8-12(9-15(19-2)16(14)20-3)21-13-7-5-4-6-11(13)10-17/h4-9H,10H2,1-3H3. The minimum Gasteiger partial charge on any atom is -0.493 e. The molecule has 2 aromatic carbocycles. The summed E-state index contributed by atoms with van der Waals surface area (Å²) in [6, 6.07) is 11.4. The molecule has 0 aliphatic rings. The van der Waals surface area contributed by atoms with E-state index in [1.165, 1.54) is 0 Å². The summed E-state index contributed by atoms with van der Waals surface area (Å²) in [5, 5.41) is 0.716. The average Bonchev–Trinajstić information content (AvgIpc) is 2.54. The second kappa shape index (κ2) is 7.22. The number of halogens is 1. The number of hydrogen-bond acceptors (Lipinski definition) is 4. The summed E-state index contributed by atoms with van der Waals surface area (Å²) in [7, 11) is 4.72. The molecule has 0 saturated carbocycles. The first kappa shape index (κ1) is 15.5. The molecule has 0 spiro atoms. The first-order valence-corrected chi connectivity index (χ1v) is 7.47. The lowest BCUT2D eigenvalue weighted by Gasteiger charge is -2.15. The number of para-hydroxylation sites is 1. The molecule has 2 rings (SSSR count).